The number of carbonyl (C=O) groups excluding carboxylic acids is 2. The monoisotopic (exact) mass is 342 g/mol. The first-order valence-corrected chi connectivity index (χ1v) is 8.23. The summed E-state index contributed by atoms with van der Waals surface area (Å²) in [7, 11) is 1.53. The highest BCUT2D eigenvalue weighted by molar-refractivity contribution is 5.88. The number of hydrogen-bond donors (Lipinski definition) is 1. The van der Waals surface area contributed by atoms with Gasteiger partial charge in [-0.15, -0.1) is 0 Å². The van der Waals surface area contributed by atoms with Crippen LogP contribution >= 0.6 is 0 Å². The van der Waals surface area contributed by atoms with E-state index in [2.05, 4.69) is 5.32 Å². The van der Waals surface area contributed by atoms with Gasteiger partial charge < -0.3 is 10.2 Å². The summed E-state index contributed by atoms with van der Waals surface area (Å²) in [5.74, 6) is -0.959. The summed E-state index contributed by atoms with van der Waals surface area (Å²) in [5.41, 5.74) is 2.32. The average Bonchev–Trinajstić information content (AvgIpc) is 2.61. The summed E-state index contributed by atoms with van der Waals surface area (Å²) >= 11 is 0. The molecule has 0 unspecified atom stereocenters. The van der Waals surface area contributed by atoms with Crippen LogP contribution in [-0.2, 0) is 22.6 Å². The molecule has 5 heteroatoms. The second-order valence-corrected chi connectivity index (χ2v) is 6.01. The summed E-state index contributed by atoms with van der Waals surface area (Å²) in [6.07, 6.45) is -0.0834. The van der Waals surface area contributed by atoms with Crippen LogP contribution in [0.4, 0.5) is 4.39 Å². The van der Waals surface area contributed by atoms with Crippen LogP contribution in [0.5, 0.6) is 0 Å². The fourth-order valence-electron chi connectivity index (χ4n) is 2.67. The molecular weight excluding hydrogens is 319 g/mol. The van der Waals surface area contributed by atoms with Crippen LogP contribution in [0.3, 0.4) is 0 Å². The summed E-state index contributed by atoms with van der Waals surface area (Å²) in [6, 6.07) is 13.2. The minimum Gasteiger partial charge on any atom is -0.357 e. The molecule has 0 aliphatic heterocycles. The molecule has 2 aromatic rings. The van der Waals surface area contributed by atoms with E-state index in [1.165, 1.54) is 18.0 Å². The predicted molar refractivity (Wildman–Crippen MR) is 95.4 cm³/mol. The van der Waals surface area contributed by atoms with Crippen LogP contribution in [0.2, 0.25) is 0 Å². The Hall–Kier alpha value is -2.69. The number of likely N-dealkylation sites (N-methyl/N-ethyl adjacent to an activating group) is 1. The zero-order valence-corrected chi connectivity index (χ0v) is 14.8. The van der Waals surface area contributed by atoms with E-state index in [0.29, 0.717) is 12.1 Å². The minimum absolute atomic E-state index is 0.0834. The summed E-state index contributed by atoms with van der Waals surface area (Å²) in [4.78, 5) is 26.4. The number of benzene rings is 2. The molecule has 2 amide bonds. The summed E-state index contributed by atoms with van der Waals surface area (Å²) in [5, 5.41) is 2.57. The Labute approximate surface area is 147 Å². The van der Waals surface area contributed by atoms with E-state index < -0.39 is 11.9 Å². The van der Waals surface area contributed by atoms with Gasteiger partial charge in [-0.05, 0) is 36.6 Å². The maximum atomic E-state index is 13.9. The molecule has 0 saturated heterocycles. The maximum absolute atomic E-state index is 13.9. The number of hydrogen-bond acceptors (Lipinski definition) is 2. The molecule has 2 rings (SSSR count). The Morgan fingerprint density at radius 3 is 2.28 bits per heavy atom. The van der Waals surface area contributed by atoms with Gasteiger partial charge in [0.25, 0.3) is 0 Å². The van der Waals surface area contributed by atoms with E-state index in [-0.39, 0.29) is 18.2 Å². The van der Waals surface area contributed by atoms with Crippen molar-refractivity contribution in [3.05, 3.63) is 71.0 Å². The van der Waals surface area contributed by atoms with Gasteiger partial charge in [0.15, 0.2) is 0 Å². The molecule has 0 bridgehead atoms. The molecule has 1 atom stereocenters. The van der Waals surface area contributed by atoms with Crippen molar-refractivity contribution in [1.29, 1.82) is 0 Å². The zero-order chi connectivity index (χ0) is 18.4. The number of nitrogens with one attached hydrogen (secondary N) is 1. The molecule has 0 aliphatic rings. The molecule has 0 saturated carbocycles. The lowest BCUT2D eigenvalue weighted by Crippen LogP contribution is -2.47. The smallest absolute Gasteiger partial charge is 0.242 e. The van der Waals surface area contributed by atoms with Crippen molar-refractivity contribution in [1.82, 2.24) is 10.2 Å². The molecule has 0 aliphatic carbocycles. The Morgan fingerprint density at radius 2 is 1.68 bits per heavy atom. The molecule has 132 valence electrons. The number of aryl methyl sites for hydroxylation is 1. The van der Waals surface area contributed by atoms with Crippen LogP contribution < -0.4 is 5.32 Å². The molecule has 0 heterocycles. The van der Waals surface area contributed by atoms with Crippen LogP contribution in [0, 0.1) is 12.7 Å². The van der Waals surface area contributed by atoms with Gasteiger partial charge in [0.1, 0.15) is 11.9 Å². The van der Waals surface area contributed by atoms with Gasteiger partial charge in [-0.3, -0.25) is 9.59 Å². The van der Waals surface area contributed by atoms with Crippen LogP contribution in [0.1, 0.15) is 23.6 Å². The second kappa shape index (κ2) is 8.42. The van der Waals surface area contributed by atoms with Gasteiger partial charge in [0.2, 0.25) is 11.8 Å². The standard InChI is InChI=1S/C20H23FN2O2/c1-14-8-4-5-10-17(14)13-23(15(2)20(25)22-3)19(24)12-16-9-6-7-11-18(16)21/h4-11,15H,12-13H2,1-3H3,(H,22,25)/t15-/m1/s1. The Morgan fingerprint density at radius 1 is 1.08 bits per heavy atom. The van der Waals surface area contributed by atoms with Crippen molar-refractivity contribution >= 4 is 11.8 Å². The number of amides is 2. The lowest BCUT2D eigenvalue weighted by Gasteiger charge is -2.29. The quantitative estimate of drug-likeness (QED) is 0.878. The first-order chi connectivity index (χ1) is 11.9. The van der Waals surface area contributed by atoms with Crippen LogP contribution in [0.15, 0.2) is 48.5 Å². The van der Waals surface area contributed by atoms with Crippen molar-refractivity contribution in [3.63, 3.8) is 0 Å². The molecular formula is C20H23FN2O2. The average molecular weight is 342 g/mol. The summed E-state index contributed by atoms with van der Waals surface area (Å²) in [6.45, 7) is 3.93. The fourth-order valence-corrected chi connectivity index (χ4v) is 2.67. The van der Waals surface area contributed by atoms with Crippen molar-refractivity contribution in [2.45, 2.75) is 32.9 Å². The number of rotatable bonds is 6. The SMILES string of the molecule is CNC(=O)[C@@H](C)N(Cc1ccccc1C)C(=O)Cc1ccccc1F. The van der Waals surface area contributed by atoms with E-state index in [4.69, 9.17) is 0 Å². The lowest BCUT2D eigenvalue weighted by molar-refractivity contribution is -0.139. The molecule has 4 nitrogen and oxygen atoms in total. The second-order valence-electron chi connectivity index (χ2n) is 6.01. The van der Waals surface area contributed by atoms with Gasteiger partial charge in [-0.25, -0.2) is 4.39 Å². The Kier molecular flexibility index (Phi) is 6.28. The largest absolute Gasteiger partial charge is 0.357 e. The highest BCUT2D eigenvalue weighted by atomic mass is 19.1. The van der Waals surface area contributed by atoms with Gasteiger partial charge >= 0.3 is 0 Å². The molecule has 2 aromatic carbocycles. The van der Waals surface area contributed by atoms with Crippen molar-refractivity contribution < 1.29 is 14.0 Å². The number of nitrogens with zero attached hydrogens (tertiary/aromatic N) is 1. The topological polar surface area (TPSA) is 49.4 Å². The third kappa shape index (κ3) is 4.66. The molecule has 0 spiro atoms. The van der Waals surface area contributed by atoms with Gasteiger partial charge in [0.05, 0.1) is 6.42 Å². The molecule has 0 aromatic heterocycles. The van der Waals surface area contributed by atoms with Crippen LogP contribution in [-0.4, -0.2) is 29.8 Å². The lowest BCUT2D eigenvalue weighted by atomic mass is 10.1. The first-order valence-electron chi connectivity index (χ1n) is 8.23. The first kappa shape index (κ1) is 18.6. The third-order valence-corrected chi connectivity index (χ3v) is 4.32. The van der Waals surface area contributed by atoms with Gasteiger partial charge in [0, 0.05) is 13.6 Å². The van der Waals surface area contributed by atoms with E-state index in [0.717, 1.165) is 11.1 Å². The van der Waals surface area contributed by atoms with Crippen molar-refractivity contribution in [2.24, 2.45) is 0 Å². The fraction of sp³-hybridized carbons (Fsp3) is 0.300. The van der Waals surface area contributed by atoms with E-state index in [9.17, 15) is 14.0 Å². The Balaban J connectivity index is 2.27. The maximum Gasteiger partial charge on any atom is 0.242 e. The van der Waals surface area contributed by atoms with Gasteiger partial charge in [-0.2, -0.15) is 0 Å². The van der Waals surface area contributed by atoms with Crippen molar-refractivity contribution in [3.8, 4) is 0 Å². The van der Waals surface area contributed by atoms with Gasteiger partial charge in [-0.1, -0.05) is 42.5 Å². The normalized spacial score (nSPS) is 11.7. The molecule has 0 fully saturated rings. The van der Waals surface area contributed by atoms with E-state index in [1.807, 2.05) is 31.2 Å². The summed E-state index contributed by atoms with van der Waals surface area (Å²) < 4.78 is 13.9. The third-order valence-electron chi connectivity index (χ3n) is 4.32. The number of halogens is 1. The molecule has 0 radical (unpaired) electrons. The minimum atomic E-state index is -0.649. The number of carbonyl (C=O) groups is 2. The molecule has 1 N–H and O–H groups in total. The molecule has 25 heavy (non-hydrogen) atoms. The highest BCUT2D eigenvalue weighted by Gasteiger charge is 2.26. The van der Waals surface area contributed by atoms with E-state index >= 15 is 0 Å². The van der Waals surface area contributed by atoms with Crippen molar-refractivity contribution in [2.75, 3.05) is 7.05 Å². The predicted octanol–water partition coefficient (Wildman–Crippen LogP) is 2.84. The Bertz CT molecular complexity index is 761. The van der Waals surface area contributed by atoms with E-state index in [1.54, 1.807) is 25.1 Å². The van der Waals surface area contributed by atoms with Crippen LogP contribution in [0.25, 0.3) is 0 Å². The highest BCUT2D eigenvalue weighted by Crippen LogP contribution is 2.16. The zero-order valence-electron chi connectivity index (χ0n) is 14.8.